The predicted octanol–water partition coefficient (Wildman–Crippen LogP) is 13.8. The quantitative estimate of drug-likeness (QED) is 0.0243. The summed E-state index contributed by atoms with van der Waals surface area (Å²) in [6.45, 7) is 5.00. The monoisotopic (exact) mass is 638 g/mol. The van der Waals surface area contributed by atoms with Crippen LogP contribution < -0.4 is 0 Å². The fourth-order valence-electron chi connectivity index (χ4n) is 5.72. The van der Waals surface area contributed by atoms with Crippen molar-refractivity contribution in [1.82, 2.24) is 0 Å². The largest absolute Gasteiger partial charge is 0.501 e. The molecular formula is C35H72ClO5P. The van der Waals surface area contributed by atoms with Gasteiger partial charge in [0.15, 0.2) is 0 Å². The molecule has 0 aliphatic carbocycles. The Balaban J connectivity index is 4.11. The van der Waals surface area contributed by atoms with Crippen molar-refractivity contribution < 1.29 is 23.5 Å². The molecule has 0 aliphatic heterocycles. The zero-order valence-electron chi connectivity index (χ0n) is 28.1. The van der Waals surface area contributed by atoms with Crippen molar-refractivity contribution in [3.8, 4) is 0 Å². The number of phosphoric acid groups is 1. The van der Waals surface area contributed by atoms with Gasteiger partial charge in [-0.3, -0.25) is 9.05 Å². The van der Waals surface area contributed by atoms with E-state index in [9.17, 15) is 4.57 Å². The number of hydrogen-bond acceptors (Lipinski definition) is 5. The molecule has 254 valence electrons. The molecule has 0 aromatic rings. The average molecular weight is 639 g/mol. The summed E-state index contributed by atoms with van der Waals surface area (Å²) in [5.74, 6) is 0.706. The molecule has 0 saturated carbocycles. The third-order valence-corrected chi connectivity index (χ3v) is 9.96. The SMILES string of the molecule is CCCCCCCCCCCCCCCCC(CCCCCCCCCCCCCC)COP(=O)(OO)OCCCCl. The summed E-state index contributed by atoms with van der Waals surface area (Å²) in [4.78, 5) is 0. The van der Waals surface area contributed by atoms with Crippen LogP contribution >= 0.6 is 19.4 Å². The molecule has 0 amide bonds. The molecule has 0 aromatic heterocycles. The summed E-state index contributed by atoms with van der Waals surface area (Å²) >= 11 is 5.68. The van der Waals surface area contributed by atoms with Crippen LogP contribution in [0.1, 0.15) is 200 Å². The summed E-state index contributed by atoms with van der Waals surface area (Å²) in [6.07, 6.45) is 37.7. The van der Waals surface area contributed by atoms with Gasteiger partial charge in [0, 0.05) is 5.88 Å². The molecule has 0 fully saturated rings. The maximum absolute atomic E-state index is 12.6. The van der Waals surface area contributed by atoms with Gasteiger partial charge in [-0.25, -0.2) is 9.82 Å². The van der Waals surface area contributed by atoms with Gasteiger partial charge in [0.1, 0.15) is 0 Å². The normalized spacial score (nSPS) is 13.9. The Kier molecular flexibility index (Phi) is 34.5. The zero-order valence-corrected chi connectivity index (χ0v) is 29.8. The fourth-order valence-corrected chi connectivity index (χ4v) is 6.75. The van der Waals surface area contributed by atoms with Crippen LogP contribution in [0.25, 0.3) is 0 Å². The van der Waals surface area contributed by atoms with Gasteiger partial charge in [0.25, 0.3) is 0 Å². The molecule has 0 radical (unpaired) electrons. The van der Waals surface area contributed by atoms with Gasteiger partial charge in [-0.15, -0.1) is 16.3 Å². The van der Waals surface area contributed by atoms with Crippen LogP contribution in [-0.2, 0) is 18.3 Å². The molecule has 2 unspecified atom stereocenters. The highest BCUT2D eigenvalue weighted by atomic mass is 35.5. The Morgan fingerprint density at radius 2 is 0.857 bits per heavy atom. The summed E-state index contributed by atoms with van der Waals surface area (Å²) in [5.41, 5.74) is 0. The molecule has 0 bridgehead atoms. The molecule has 0 heterocycles. The molecular weight excluding hydrogens is 567 g/mol. The van der Waals surface area contributed by atoms with E-state index in [4.69, 9.17) is 25.9 Å². The van der Waals surface area contributed by atoms with E-state index in [-0.39, 0.29) is 6.61 Å². The Hall–Kier alpha value is 0.360. The first kappa shape index (κ1) is 42.4. The first-order valence-electron chi connectivity index (χ1n) is 18.4. The highest BCUT2D eigenvalue weighted by molar-refractivity contribution is 7.48. The van der Waals surface area contributed by atoms with Crippen LogP contribution in [0.4, 0.5) is 0 Å². The number of halogens is 1. The number of hydrogen-bond donors (Lipinski definition) is 1. The number of rotatable bonds is 36. The lowest BCUT2D eigenvalue weighted by molar-refractivity contribution is -0.167. The first-order valence-corrected chi connectivity index (χ1v) is 20.4. The Morgan fingerprint density at radius 1 is 0.524 bits per heavy atom. The second kappa shape index (κ2) is 34.2. The second-order valence-electron chi connectivity index (χ2n) is 12.6. The van der Waals surface area contributed by atoms with E-state index in [2.05, 4.69) is 18.5 Å². The van der Waals surface area contributed by atoms with E-state index >= 15 is 0 Å². The van der Waals surface area contributed by atoms with Crippen molar-refractivity contribution in [1.29, 1.82) is 0 Å². The minimum absolute atomic E-state index is 0.143. The average Bonchev–Trinajstić information content (AvgIpc) is 3.00. The second-order valence-corrected chi connectivity index (χ2v) is 14.6. The minimum atomic E-state index is -3.93. The van der Waals surface area contributed by atoms with E-state index in [1.807, 2.05) is 0 Å². The molecule has 42 heavy (non-hydrogen) atoms. The molecule has 0 spiro atoms. The van der Waals surface area contributed by atoms with Gasteiger partial charge in [0.05, 0.1) is 13.2 Å². The van der Waals surface area contributed by atoms with E-state index in [1.165, 1.54) is 167 Å². The van der Waals surface area contributed by atoms with Gasteiger partial charge in [-0.05, 0) is 25.2 Å². The summed E-state index contributed by atoms with van der Waals surface area (Å²) in [6, 6.07) is 0. The van der Waals surface area contributed by atoms with Crippen molar-refractivity contribution in [3.05, 3.63) is 0 Å². The van der Waals surface area contributed by atoms with Crippen LogP contribution in [-0.4, -0.2) is 24.4 Å². The van der Waals surface area contributed by atoms with Crippen molar-refractivity contribution >= 4 is 19.4 Å². The molecule has 0 rings (SSSR count). The minimum Gasteiger partial charge on any atom is -0.285 e. The zero-order chi connectivity index (χ0) is 30.8. The Labute approximate surface area is 267 Å². The standard InChI is InChI=1S/C35H72ClO5P/c1-3-5-7-9-11-13-15-17-18-20-22-24-26-28-31-35(34-40-42(38,41-37)39-33-29-32-36)30-27-25-23-21-19-16-14-12-10-8-6-4-2/h35,37H,3-34H2,1-2H3. The lowest BCUT2D eigenvalue weighted by atomic mass is 9.94. The third kappa shape index (κ3) is 30.4. The van der Waals surface area contributed by atoms with E-state index in [0.29, 0.717) is 24.8 Å². The maximum Gasteiger partial charge on any atom is 0.501 e. The topological polar surface area (TPSA) is 65.0 Å². The van der Waals surface area contributed by atoms with E-state index < -0.39 is 7.82 Å². The number of phosphoric ester groups is 1. The van der Waals surface area contributed by atoms with Crippen molar-refractivity contribution in [2.24, 2.45) is 5.92 Å². The van der Waals surface area contributed by atoms with Crippen molar-refractivity contribution in [2.45, 2.75) is 200 Å². The van der Waals surface area contributed by atoms with Crippen LogP contribution in [0.5, 0.6) is 0 Å². The van der Waals surface area contributed by atoms with Crippen LogP contribution in [0, 0.1) is 5.92 Å². The van der Waals surface area contributed by atoms with Gasteiger partial charge in [-0.1, -0.05) is 181 Å². The maximum atomic E-state index is 12.6. The van der Waals surface area contributed by atoms with Crippen molar-refractivity contribution in [2.75, 3.05) is 19.1 Å². The summed E-state index contributed by atoms with van der Waals surface area (Å²) in [5, 5.41) is 9.15. The van der Waals surface area contributed by atoms with Gasteiger partial charge < -0.3 is 0 Å². The molecule has 0 aliphatic rings. The lowest BCUT2D eigenvalue weighted by Gasteiger charge is -2.20. The Bertz CT molecular complexity index is 565. The lowest BCUT2D eigenvalue weighted by Crippen LogP contribution is -2.11. The molecule has 0 saturated heterocycles. The predicted molar refractivity (Wildman–Crippen MR) is 183 cm³/mol. The van der Waals surface area contributed by atoms with Gasteiger partial charge in [0.2, 0.25) is 0 Å². The van der Waals surface area contributed by atoms with E-state index in [0.717, 1.165) is 12.8 Å². The van der Waals surface area contributed by atoms with Crippen LogP contribution in [0.15, 0.2) is 0 Å². The van der Waals surface area contributed by atoms with Gasteiger partial charge in [-0.2, -0.15) is 0 Å². The fraction of sp³-hybridized carbons (Fsp3) is 1.00. The van der Waals surface area contributed by atoms with Crippen LogP contribution in [0.2, 0.25) is 0 Å². The van der Waals surface area contributed by atoms with Crippen LogP contribution in [0.3, 0.4) is 0 Å². The highest BCUT2D eigenvalue weighted by Crippen LogP contribution is 2.49. The first-order chi connectivity index (χ1) is 20.6. The van der Waals surface area contributed by atoms with E-state index in [1.54, 1.807) is 0 Å². The summed E-state index contributed by atoms with van der Waals surface area (Å²) < 4.78 is 27.4. The number of alkyl halides is 1. The Morgan fingerprint density at radius 3 is 1.17 bits per heavy atom. The number of unbranched alkanes of at least 4 members (excludes halogenated alkanes) is 24. The summed E-state index contributed by atoms with van der Waals surface area (Å²) in [7, 11) is -3.93. The molecule has 0 aromatic carbocycles. The molecule has 7 heteroatoms. The molecule has 1 N–H and O–H groups in total. The molecule has 2 atom stereocenters. The third-order valence-electron chi connectivity index (χ3n) is 8.53. The molecule has 5 nitrogen and oxygen atoms in total. The van der Waals surface area contributed by atoms with Crippen molar-refractivity contribution in [3.63, 3.8) is 0 Å². The van der Waals surface area contributed by atoms with Gasteiger partial charge >= 0.3 is 7.82 Å². The highest BCUT2D eigenvalue weighted by Gasteiger charge is 2.28. The smallest absolute Gasteiger partial charge is 0.285 e.